The molecule has 1 aliphatic carbocycles. The summed E-state index contributed by atoms with van der Waals surface area (Å²) >= 11 is 0. The van der Waals surface area contributed by atoms with E-state index in [0.717, 1.165) is 25.7 Å². The third-order valence-corrected chi connectivity index (χ3v) is 3.79. The van der Waals surface area contributed by atoms with Crippen molar-refractivity contribution in [1.82, 2.24) is 15.3 Å². The van der Waals surface area contributed by atoms with Crippen LogP contribution < -0.4 is 5.32 Å². The highest BCUT2D eigenvalue weighted by atomic mass is 16.3. The van der Waals surface area contributed by atoms with Crippen LogP contribution in [0.1, 0.15) is 36.0 Å². The number of hydrogen-bond donors (Lipinski definition) is 2. The number of amides is 1. The molecule has 0 spiro atoms. The van der Waals surface area contributed by atoms with Crippen LogP contribution in [0.4, 0.5) is 0 Å². The van der Waals surface area contributed by atoms with Gasteiger partial charge in [0, 0.05) is 12.4 Å². The number of fused-ring (bicyclic) bond motifs is 1. The largest absolute Gasteiger partial charge is 0.391 e. The molecular formula is C15H17N3O2. The van der Waals surface area contributed by atoms with Crippen molar-refractivity contribution in [3.05, 3.63) is 36.2 Å². The summed E-state index contributed by atoms with van der Waals surface area (Å²) in [4.78, 5) is 20.8. The van der Waals surface area contributed by atoms with E-state index in [1.165, 1.54) is 0 Å². The summed E-state index contributed by atoms with van der Waals surface area (Å²) in [6, 6.07) is 5.20. The maximum Gasteiger partial charge on any atom is 0.253 e. The standard InChI is InChI=1S/C15H17N3O2/c19-13-7-2-1-5-11(13)18-15(20)10-4-3-6-12-14(10)17-9-8-16-12/h3-4,6,8-9,11,13,19H,1-2,5,7H2,(H,18,20)/t11-,13-/m0/s1. The van der Waals surface area contributed by atoms with Gasteiger partial charge in [0.05, 0.1) is 23.2 Å². The minimum Gasteiger partial charge on any atom is -0.391 e. The van der Waals surface area contributed by atoms with Gasteiger partial charge in [-0.2, -0.15) is 0 Å². The van der Waals surface area contributed by atoms with Crippen molar-refractivity contribution in [2.45, 2.75) is 37.8 Å². The van der Waals surface area contributed by atoms with Crippen LogP contribution in [0.25, 0.3) is 11.0 Å². The van der Waals surface area contributed by atoms with Crippen LogP contribution in [0.5, 0.6) is 0 Å². The van der Waals surface area contributed by atoms with Gasteiger partial charge in [-0.3, -0.25) is 14.8 Å². The molecule has 2 atom stereocenters. The number of nitrogens with zero attached hydrogens (tertiary/aromatic N) is 2. The van der Waals surface area contributed by atoms with Crippen molar-refractivity contribution < 1.29 is 9.90 Å². The lowest BCUT2D eigenvalue weighted by molar-refractivity contribution is 0.0718. The molecule has 1 aromatic heterocycles. The molecule has 0 radical (unpaired) electrons. The second-order valence-corrected chi connectivity index (χ2v) is 5.16. The molecule has 0 bridgehead atoms. The zero-order chi connectivity index (χ0) is 13.9. The quantitative estimate of drug-likeness (QED) is 0.871. The molecule has 5 nitrogen and oxygen atoms in total. The molecule has 1 heterocycles. The topological polar surface area (TPSA) is 75.1 Å². The fourth-order valence-electron chi connectivity index (χ4n) is 2.70. The Kier molecular flexibility index (Phi) is 3.60. The lowest BCUT2D eigenvalue weighted by Gasteiger charge is -2.28. The minimum atomic E-state index is -0.450. The molecule has 2 N–H and O–H groups in total. The first-order valence-electron chi connectivity index (χ1n) is 6.94. The van der Waals surface area contributed by atoms with Crippen molar-refractivity contribution in [3.63, 3.8) is 0 Å². The van der Waals surface area contributed by atoms with Gasteiger partial charge in [0.2, 0.25) is 0 Å². The molecule has 0 aliphatic heterocycles. The minimum absolute atomic E-state index is 0.164. The molecule has 1 saturated carbocycles. The number of carbonyl (C=O) groups is 1. The van der Waals surface area contributed by atoms with E-state index < -0.39 is 6.10 Å². The molecule has 5 heteroatoms. The number of benzene rings is 1. The predicted octanol–water partition coefficient (Wildman–Crippen LogP) is 1.66. The zero-order valence-electron chi connectivity index (χ0n) is 11.1. The molecule has 1 aromatic carbocycles. The Balaban J connectivity index is 1.85. The first-order valence-corrected chi connectivity index (χ1v) is 6.94. The van der Waals surface area contributed by atoms with E-state index >= 15 is 0 Å². The Bertz CT molecular complexity index is 624. The molecule has 0 saturated heterocycles. The van der Waals surface area contributed by atoms with Gasteiger partial charge < -0.3 is 10.4 Å². The number of carbonyl (C=O) groups excluding carboxylic acids is 1. The van der Waals surface area contributed by atoms with Crippen LogP contribution in [-0.2, 0) is 0 Å². The van der Waals surface area contributed by atoms with Gasteiger partial charge in [0.25, 0.3) is 5.91 Å². The molecule has 0 unspecified atom stereocenters. The number of aliphatic hydroxyl groups is 1. The summed E-state index contributed by atoms with van der Waals surface area (Å²) in [5.41, 5.74) is 1.80. The highest BCUT2D eigenvalue weighted by Crippen LogP contribution is 2.20. The monoisotopic (exact) mass is 271 g/mol. The second kappa shape index (κ2) is 5.54. The lowest BCUT2D eigenvalue weighted by Crippen LogP contribution is -2.45. The molecule has 1 aliphatic rings. The van der Waals surface area contributed by atoms with Crippen molar-refractivity contribution in [3.8, 4) is 0 Å². The van der Waals surface area contributed by atoms with Crippen LogP contribution in [0.3, 0.4) is 0 Å². The third-order valence-electron chi connectivity index (χ3n) is 3.79. The first-order chi connectivity index (χ1) is 9.75. The number of para-hydroxylation sites is 1. The Labute approximate surface area is 117 Å². The van der Waals surface area contributed by atoms with Crippen LogP contribution in [0.15, 0.2) is 30.6 Å². The van der Waals surface area contributed by atoms with Crippen molar-refractivity contribution in [1.29, 1.82) is 0 Å². The van der Waals surface area contributed by atoms with Gasteiger partial charge in [0.1, 0.15) is 5.52 Å². The van der Waals surface area contributed by atoms with E-state index in [2.05, 4.69) is 15.3 Å². The average molecular weight is 271 g/mol. The Morgan fingerprint density at radius 3 is 2.85 bits per heavy atom. The first kappa shape index (κ1) is 13.0. The van der Waals surface area contributed by atoms with E-state index in [9.17, 15) is 9.90 Å². The Hall–Kier alpha value is -2.01. The molecule has 104 valence electrons. The summed E-state index contributed by atoms with van der Waals surface area (Å²) in [5.74, 6) is -0.193. The summed E-state index contributed by atoms with van der Waals surface area (Å²) in [6.45, 7) is 0. The van der Waals surface area contributed by atoms with E-state index in [1.807, 2.05) is 6.07 Å². The molecule has 1 fully saturated rings. The highest BCUT2D eigenvalue weighted by Gasteiger charge is 2.25. The summed E-state index contributed by atoms with van der Waals surface area (Å²) in [5, 5.41) is 12.9. The van der Waals surface area contributed by atoms with Gasteiger partial charge in [-0.1, -0.05) is 18.9 Å². The SMILES string of the molecule is O=C(N[C@H]1CCCC[C@@H]1O)c1cccc2nccnc12. The lowest BCUT2D eigenvalue weighted by atomic mass is 9.92. The number of rotatable bonds is 2. The van der Waals surface area contributed by atoms with Crippen LogP contribution >= 0.6 is 0 Å². The molecule has 1 amide bonds. The molecular weight excluding hydrogens is 254 g/mol. The third kappa shape index (κ3) is 2.49. The van der Waals surface area contributed by atoms with Crippen LogP contribution in [0, 0.1) is 0 Å². The molecule has 2 aromatic rings. The average Bonchev–Trinajstić information content (AvgIpc) is 2.49. The summed E-state index contributed by atoms with van der Waals surface area (Å²) in [7, 11) is 0. The number of aliphatic hydroxyl groups excluding tert-OH is 1. The zero-order valence-corrected chi connectivity index (χ0v) is 11.1. The van der Waals surface area contributed by atoms with E-state index in [-0.39, 0.29) is 11.9 Å². The number of hydrogen-bond acceptors (Lipinski definition) is 4. The smallest absolute Gasteiger partial charge is 0.253 e. The number of aromatic nitrogens is 2. The Morgan fingerprint density at radius 1 is 1.20 bits per heavy atom. The van der Waals surface area contributed by atoms with Crippen molar-refractivity contribution >= 4 is 16.9 Å². The van der Waals surface area contributed by atoms with E-state index in [1.54, 1.807) is 24.5 Å². The van der Waals surface area contributed by atoms with Crippen LogP contribution in [-0.4, -0.2) is 33.1 Å². The van der Waals surface area contributed by atoms with Gasteiger partial charge in [-0.05, 0) is 25.0 Å². The number of nitrogens with one attached hydrogen (secondary N) is 1. The maximum atomic E-state index is 12.4. The summed E-state index contributed by atoms with van der Waals surface area (Å²) < 4.78 is 0. The van der Waals surface area contributed by atoms with Gasteiger partial charge >= 0.3 is 0 Å². The predicted molar refractivity (Wildman–Crippen MR) is 75.3 cm³/mol. The normalized spacial score (nSPS) is 22.6. The Morgan fingerprint density at radius 2 is 2.00 bits per heavy atom. The van der Waals surface area contributed by atoms with E-state index in [0.29, 0.717) is 16.6 Å². The van der Waals surface area contributed by atoms with E-state index in [4.69, 9.17) is 0 Å². The van der Waals surface area contributed by atoms with Crippen molar-refractivity contribution in [2.24, 2.45) is 0 Å². The molecule has 20 heavy (non-hydrogen) atoms. The van der Waals surface area contributed by atoms with Gasteiger partial charge in [0.15, 0.2) is 0 Å². The molecule has 3 rings (SSSR count). The maximum absolute atomic E-state index is 12.4. The fraction of sp³-hybridized carbons (Fsp3) is 0.400. The fourth-order valence-corrected chi connectivity index (χ4v) is 2.70. The van der Waals surface area contributed by atoms with Crippen LogP contribution in [0.2, 0.25) is 0 Å². The van der Waals surface area contributed by atoms with Gasteiger partial charge in [-0.25, -0.2) is 0 Å². The summed E-state index contributed by atoms with van der Waals surface area (Å²) in [6.07, 6.45) is 6.37. The van der Waals surface area contributed by atoms with Crippen molar-refractivity contribution in [2.75, 3.05) is 0 Å². The highest BCUT2D eigenvalue weighted by molar-refractivity contribution is 6.04. The van der Waals surface area contributed by atoms with Gasteiger partial charge in [-0.15, -0.1) is 0 Å². The second-order valence-electron chi connectivity index (χ2n) is 5.16.